The number of rotatable bonds is 8. The largest absolute Gasteiger partial charge is 0.350 e. The standard InChI is InChI=1S/C24H33N3O3S/c1-18-11-12-23(15-19(18)2)27(31(4,29)30)20(3)24(28)25-16-21-9-5-6-10-22(21)17-26-13-7-8-14-26/h5-6,9-12,15,20H,7-8,13-14,16-17H2,1-4H3,(H,25,28)/t20-/m0/s1. The van der Waals surface area contributed by atoms with Gasteiger partial charge in [0.05, 0.1) is 11.9 Å². The van der Waals surface area contributed by atoms with Gasteiger partial charge in [-0.1, -0.05) is 30.3 Å². The summed E-state index contributed by atoms with van der Waals surface area (Å²) in [5.74, 6) is -0.320. The monoisotopic (exact) mass is 443 g/mol. The van der Waals surface area contributed by atoms with Crippen molar-refractivity contribution in [2.24, 2.45) is 0 Å². The molecular weight excluding hydrogens is 410 g/mol. The van der Waals surface area contributed by atoms with E-state index in [1.165, 1.54) is 22.7 Å². The highest BCUT2D eigenvalue weighted by Crippen LogP contribution is 2.24. The number of anilines is 1. The van der Waals surface area contributed by atoms with Crippen LogP contribution in [0, 0.1) is 13.8 Å². The van der Waals surface area contributed by atoms with Crippen LogP contribution in [0.3, 0.4) is 0 Å². The third kappa shape index (κ3) is 5.86. The molecule has 1 saturated heterocycles. The number of carbonyl (C=O) groups is 1. The molecule has 6 nitrogen and oxygen atoms in total. The predicted molar refractivity (Wildman–Crippen MR) is 126 cm³/mol. The van der Waals surface area contributed by atoms with E-state index in [1.54, 1.807) is 13.0 Å². The fraction of sp³-hybridized carbons (Fsp3) is 0.458. The van der Waals surface area contributed by atoms with Gasteiger partial charge in [-0.15, -0.1) is 0 Å². The van der Waals surface area contributed by atoms with E-state index in [0.29, 0.717) is 12.2 Å². The topological polar surface area (TPSA) is 69.7 Å². The summed E-state index contributed by atoms with van der Waals surface area (Å²) in [5, 5.41) is 2.95. The Kier molecular flexibility index (Phi) is 7.38. The van der Waals surface area contributed by atoms with E-state index in [2.05, 4.69) is 16.3 Å². The molecule has 1 aliphatic rings. The van der Waals surface area contributed by atoms with Crippen molar-refractivity contribution in [3.63, 3.8) is 0 Å². The van der Waals surface area contributed by atoms with Crippen LogP contribution < -0.4 is 9.62 Å². The van der Waals surface area contributed by atoms with Crippen molar-refractivity contribution in [1.82, 2.24) is 10.2 Å². The van der Waals surface area contributed by atoms with E-state index in [-0.39, 0.29) is 5.91 Å². The molecule has 0 bridgehead atoms. The zero-order valence-electron chi connectivity index (χ0n) is 18.9. The summed E-state index contributed by atoms with van der Waals surface area (Å²) >= 11 is 0. The summed E-state index contributed by atoms with van der Waals surface area (Å²) in [6.45, 7) is 8.99. The van der Waals surface area contributed by atoms with Crippen molar-refractivity contribution >= 4 is 21.6 Å². The fourth-order valence-electron chi connectivity index (χ4n) is 4.07. The van der Waals surface area contributed by atoms with E-state index in [1.807, 2.05) is 44.2 Å². The fourth-order valence-corrected chi connectivity index (χ4v) is 5.23. The third-order valence-corrected chi connectivity index (χ3v) is 7.24. The molecule has 1 fully saturated rings. The highest BCUT2D eigenvalue weighted by molar-refractivity contribution is 7.92. The van der Waals surface area contributed by atoms with Crippen LogP contribution in [-0.4, -0.2) is 44.6 Å². The number of likely N-dealkylation sites (tertiary alicyclic amines) is 1. The number of nitrogens with one attached hydrogen (secondary N) is 1. The first-order valence-electron chi connectivity index (χ1n) is 10.8. The number of hydrogen-bond donors (Lipinski definition) is 1. The van der Waals surface area contributed by atoms with Crippen molar-refractivity contribution in [1.29, 1.82) is 0 Å². The second kappa shape index (κ2) is 9.83. The summed E-state index contributed by atoms with van der Waals surface area (Å²) in [5.41, 5.74) is 4.82. The highest BCUT2D eigenvalue weighted by atomic mass is 32.2. The quantitative estimate of drug-likeness (QED) is 0.679. The molecule has 1 aliphatic heterocycles. The van der Waals surface area contributed by atoms with Crippen molar-refractivity contribution in [3.05, 3.63) is 64.7 Å². The Morgan fingerprint density at radius 1 is 1.06 bits per heavy atom. The first kappa shape index (κ1) is 23.3. The Morgan fingerprint density at radius 3 is 2.32 bits per heavy atom. The molecule has 31 heavy (non-hydrogen) atoms. The lowest BCUT2D eigenvalue weighted by molar-refractivity contribution is -0.122. The van der Waals surface area contributed by atoms with Gasteiger partial charge >= 0.3 is 0 Å². The minimum Gasteiger partial charge on any atom is -0.350 e. The number of amides is 1. The summed E-state index contributed by atoms with van der Waals surface area (Å²) in [4.78, 5) is 15.4. The minimum atomic E-state index is -3.63. The number of sulfonamides is 1. The zero-order chi connectivity index (χ0) is 22.6. The van der Waals surface area contributed by atoms with Crippen LogP contribution in [0.2, 0.25) is 0 Å². The smallest absolute Gasteiger partial charge is 0.243 e. The zero-order valence-corrected chi connectivity index (χ0v) is 19.7. The van der Waals surface area contributed by atoms with Gasteiger partial charge in [0.1, 0.15) is 6.04 Å². The Labute approximate surface area is 186 Å². The predicted octanol–water partition coefficient (Wildman–Crippen LogP) is 3.37. The van der Waals surface area contributed by atoms with E-state index in [9.17, 15) is 13.2 Å². The summed E-state index contributed by atoms with van der Waals surface area (Å²) in [6, 6.07) is 12.7. The molecule has 1 N–H and O–H groups in total. The van der Waals surface area contributed by atoms with Gasteiger partial charge < -0.3 is 5.32 Å². The van der Waals surface area contributed by atoms with Crippen LogP contribution in [-0.2, 0) is 27.9 Å². The lowest BCUT2D eigenvalue weighted by Crippen LogP contribution is -2.47. The van der Waals surface area contributed by atoms with Gasteiger partial charge in [-0.3, -0.25) is 14.0 Å². The number of carbonyl (C=O) groups excluding carboxylic acids is 1. The van der Waals surface area contributed by atoms with Gasteiger partial charge in [-0.05, 0) is 81.1 Å². The summed E-state index contributed by atoms with van der Waals surface area (Å²) < 4.78 is 26.3. The number of hydrogen-bond acceptors (Lipinski definition) is 4. The van der Waals surface area contributed by atoms with E-state index in [0.717, 1.165) is 42.6 Å². The second-order valence-corrected chi connectivity index (χ2v) is 10.3. The molecule has 1 amide bonds. The molecule has 1 heterocycles. The van der Waals surface area contributed by atoms with E-state index >= 15 is 0 Å². The Morgan fingerprint density at radius 2 is 1.71 bits per heavy atom. The Hall–Kier alpha value is -2.38. The van der Waals surface area contributed by atoms with Crippen molar-refractivity contribution in [3.8, 4) is 0 Å². The number of nitrogens with zero attached hydrogens (tertiary/aromatic N) is 2. The molecule has 0 aliphatic carbocycles. The third-order valence-electron chi connectivity index (χ3n) is 6.00. The maximum Gasteiger partial charge on any atom is 0.243 e. The molecule has 0 aromatic heterocycles. The first-order valence-corrected chi connectivity index (χ1v) is 12.6. The van der Waals surface area contributed by atoms with Gasteiger partial charge in [0, 0.05) is 13.1 Å². The highest BCUT2D eigenvalue weighted by Gasteiger charge is 2.29. The van der Waals surface area contributed by atoms with Gasteiger partial charge in [0.25, 0.3) is 0 Å². The van der Waals surface area contributed by atoms with Crippen LogP contribution in [0.15, 0.2) is 42.5 Å². The van der Waals surface area contributed by atoms with E-state index in [4.69, 9.17) is 0 Å². The second-order valence-electron chi connectivity index (χ2n) is 8.47. The van der Waals surface area contributed by atoms with Crippen LogP contribution in [0.5, 0.6) is 0 Å². The molecule has 3 rings (SSSR count). The molecule has 0 radical (unpaired) electrons. The Balaban J connectivity index is 1.73. The average molecular weight is 444 g/mol. The molecule has 7 heteroatoms. The van der Waals surface area contributed by atoms with Crippen LogP contribution >= 0.6 is 0 Å². The summed E-state index contributed by atoms with van der Waals surface area (Å²) in [7, 11) is -3.63. The molecule has 0 spiro atoms. The van der Waals surface area contributed by atoms with Crippen LogP contribution in [0.25, 0.3) is 0 Å². The molecule has 168 valence electrons. The lowest BCUT2D eigenvalue weighted by atomic mass is 10.1. The normalized spacial score (nSPS) is 15.6. The maximum absolute atomic E-state index is 13.0. The molecule has 2 aromatic rings. The van der Waals surface area contributed by atoms with Crippen molar-refractivity contribution in [2.75, 3.05) is 23.7 Å². The lowest BCUT2D eigenvalue weighted by Gasteiger charge is -2.29. The SMILES string of the molecule is Cc1ccc(N([C@@H](C)C(=O)NCc2ccccc2CN2CCCC2)S(C)(=O)=O)cc1C. The average Bonchev–Trinajstić information content (AvgIpc) is 3.22. The van der Waals surface area contributed by atoms with Gasteiger partial charge in [0.15, 0.2) is 0 Å². The van der Waals surface area contributed by atoms with Gasteiger partial charge in [-0.25, -0.2) is 8.42 Å². The minimum absolute atomic E-state index is 0.320. The molecule has 0 saturated carbocycles. The van der Waals surface area contributed by atoms with Gasteiger partial charge in [0.2, 0.25) is 15.9 Å². The number of benzene rings is 2. The molecule has 1 atom stereocenters. The maximum atomic E-state index is 13.0. The van der Waals surface area contributed by atoms with Crippen LogP contribution in [0.1, 0.15) is 42.0 Å². The number of aryl methyl sites for hydroxylation is 2. The van der Waals surface area contributed by atoms with Crippen molar-refractivity contribution in [2.45, 2.75) is 52.7 Å². The van der Waals surface area contributed by atoms with Crippen LogP contribution in [0.4, 0.5) is 5.69 Å². The summed E-state index contributed by atoms with van der Waals surface area (Å²) in [6.07, 6.45) is 3.60. The van der Waals surface area contributed by atoms with E-state index < -0.39 is 16.1 Å². The molecule has 2 aromatic carbocycles. The first-order chi connectivity index (χ1) is 14.7. The van der Waals surface area contributed by atoms with Crippen molar-refractivity contribution < 1.29 is 13.2 Å². The van der Waals surface area contributed by atoms with Gasteiger partial charge in [-0.2, -0.15) is 0 Å². The molecule has 0 unspecified atom stereocenters. The molecular formula is C24H33N3O3S. The Bertz CT molecular complexity index is 1030.